The second kappa shape index (κ2) is 6.74. The van der Waals surface area contributed by atoms with Crippen LogP contribution in [0, 0.1) is 0 Å². The van der Waals surface area contributed by atoms with Gasteiger partial charge in [0.05, 0.1) is 12.8 Å². The number of ether oxygens (including phenoxy) is 2. The van der Waals surface area contributed by atoms with Crippen molar-refractivity contribution in [1.29, 1.82) is 0 Å². The topological polar surface area (TPSA) is 81.8 Å². The predicted molar refractivity (Wildman–Crippen MR) is 77.0 cm³/mol. The van der Waals surface area contributed by atoms with Crippen LogP contribution >= 0.6 is 0 Å². The van der Waals surface area contributed by atoms with Gasteiger partial charge < -0.3 is 14.7 Å². The number of benzene rings is 1. The van der Waals surface area contributed by atoms with E-state index in [0.717, 1.165) is 17.9 Å². The zero-order chi connectivity index (χ0) is 15.2. The molecule has 7 heteroatoms. The molecule has 1 heterocycles. The smallest absolute Gasteiger partial charge is 0.164 e. The molecule has 0 aliphatic heterocycles. The van der Waals surface area contributed by atoms with Gasteiger partial charge in [-0.2, -0.15) is 5.10 Å². The van der Waals surface area contributed by atoms with E-state index in [9.17, 15) is 0 Å². The third-order valence-electron chi connectivity index (χ3n) is 3.08. The summed E-state index contributed by atoms with van der Waals surface area (Å²) in [6.45, 7) is 4.74. The van der Waals surface area contributed by atoms with Crippen molar-refractivity contribution in [2.75, 3.05) is 7.11 Å². The van der Waals surface area contributed by atoms with Crippen LogP contribution in [0.25, 0.3) is 0 Å². The molecule has 0 saturated heterocycles. The highest BCUT2D eigenvalue weighted by Gasteiger charge is 2.10. The van der Waals surface area contributed by atoms with Gasteiger partial charge in [0.2, 0.25) is 0 Å². The third kappa shape index (κ3) is 3.31. The average Bonchev–Trinajstić information content (AvgIpc) is 2.99. The molecule has 21 heavy (non-hydrogen) atoms. The normalized spacial score (nSPS) is 11.5. The van der Waals surface area contributed by atoms with Gasteiger partial charge in [0.1, 0.15) is 12.9 Å². The fourth-order valence-corrected chi connectivity index (χ4v) is 1.88. The summed E-state index contributed by atoms with van der Waals surface area (Å²) in [4.78, 5) is 4.15. The predicted octanol–water partition coefficient (Wildman–Crippen LogP) is 2.08. The lowest BCUT2D eigenvalue weighted by molar-refractivity contribution is 0.269. The fraction of sp³-hybridized carbons (Fsp3) is 0.357. The van der Waals surface area contributed by atoms with Gasteiger partial charge in [0.25, 0.3) is 0 Å². The van der Waals surface area contributed by atoms with E-state index in [1.807, 2.05) is 6.92 Å². The lowest BCUT2D eigenvalue weighted by atomic mass is 10.1. The molecule has 7 nitrogen and oxygen atoms in total. The van der Waals surface area contributed by atoms with Crippen molar-refractivity contribution >= 4 is 5.71 Å². The van der Waals surface area contributed by atoms with Gasteiger partial charge >= 0.3 is 0 Å². The first-order valence-corrected chi connectivity index (χ1v) is 6.56. The maximum absolute atomic E-state index is 8.81. The third-order valence-corrected chi connectivity index (χ3v) is 3.08. The van der Waals surface area contributed by atoms with E-state index in [0.29, 0.717) is 23.8 Å². The second-order valence-corrected chi connectivity index (χ2v) is 4.33. The SMILES string of the molecule is CCn1ncnc1COc1ccc(C(C)=NO)cc1OC. The molecule has 0 fully saturated rings. The van der Waals surface area contributed by atoms with Gasteiger partial charge in [-0.25, -0.2) is 9.67 Å². The van der Waals surface area contributed by atoms with Crippen molar-refractivity contribution in [1.82, 2.24) is 14.8 Å². The zero-order valence-corrected chi connectivity index (χ0v) is 12.3. The Morgan fingerprint density at radius 3 is 2.86 bits per heavy atom. The Labute approximate surface area is 122 Å². The maximum Gasteiger partial charge on any atom is 0.164 e. The van der Waals surface area contributed by atoms with Crippen LogP contribution in [0.2, 0.25) is 0 Å². The molecule has 112 valence electrons. The monoisotopic (exact) mass is 290 g/mol. The molecular formula is C14H18N4O3. The van der Waals surface area contributed by atoms with E-state index in [1.54, 1.807) is 36.9 Å². The van der Waals surface area contributed by atoms with Crippen LogP contribution in [-0.4, -0.2) is 32.8 Å². The van der Waals surface area contributed by atoms with Crippen LogP contribution in [0.15, 0.2) is 29.7 Å². The summed E-state index contributed by atoms with van der Waals surface area (Å²) in [7, 11) is 1.56. The lowest BCUT2D eigenvalue weighted by Crippen LogP contribution is -2.08. The molecule has 0 atom stereocenters. The minimum Gasteiger partial charge on any atom is -0.493 e. The number of aromatic nitrogens is 3. The number of hydrogen-bond donors (Lipinski definition) is 1. The summed E-state index contributed by atoms with van der Waals surface area (Å²) in [6, 6.07) is 5.34. The molecule has 0 aliphatic rings. The van der Waals surface area contributed by atoms with Crippen LogP contribution in [0.3, 0.4) is 0 Å². The number of methoxy groups -OCH3 is 1. The molecule has 1 aromatic heterocycles. The standard InChI is InChI=1S/C14H18N4O3/c1-4-18-14(15-9-16-18)8-21-12-6-5-11(10(2)17-19)7-13(12)20-3/h5-7,9,19H,4,8H2,1-3H3. The first kappa shape index (κ1) is 14.8. The van der Waals surface area contributed by atoms with E-state index in [-0.39, 0.29) is 0 Å². The summed E-state index contributed by atoms with van der Waals surface area (Å²) >= 11 is 0. The molecule has 1 N–H and O–H groups in total. The molecule has 0 aliphatic carbocycles. The molecule has 2 rings (SSSR count). The summed E-state index contributed by atoms with van der Waals surface area (Å²) < 4.78 is 12.8. The van der Waals surface area contributed by atoms with Gasteiger partial charge in [0, 0.05) is 12.1 Å². The number of aryl methyl sites for hydroxylation is 1. The first-order chi connectivity index (χ1) is 10.2. The van der Waals surface area contributed by atoms with Crippen LogP contribution in [0.5, 0.6) is 11.5 Å². The molecular weight excluding hydrogens is 272 g/mol. The Hall–Kier alpha value is -2.57. The van der Waals surface area contributed by atoms with Crippen molar-refractivity contribution in [3.8, 4) is 11.5 Å². The Bertz CT molecular complexity index is 637. The van der Waals surface area contributed by atoms with E-state index in [2.05, 4.69) is 15.2 Å². The van der Waals surface area contributed by atoms with E-state index in [4.69, 9.17) is 14.7 Å². The molecule has 0 unspecified atom stereocenters. The molecule has 0 bridgehead atoms. The van der Waals surface area contributed by atoms with Gasteiger partial charge in [-0.15, -0.1) is 0 Å². The van der Waals surface area contributed by atoms with E-state index >= 15 is 0 Å². The largest absolute Gasteiger partial charge is 0.493 e. The Kier molecular flexibility index (Phi) is 4.76. The summed E-state index contributed by atoms with van der Waals surface area (Å²) in [5.74, 6) is 1.91. The quantitative estimate of drug-likeness (QED) is 0.500. The van der Waals surface area contributed by atoms with Crippen LogP contribution in [0.1, 0.15) is 25.2 Å². The maximum atomic E-state index is 8.81. The first-order valence-electron chi connectivity index (χ1n) is 6.56. The summed E-state index contributed by atoms with van der Waals surface area (Å²) in [6.07, 6.45) is 1.50. The Morgan fingerprint density at radius 2 is 2.19 bits per heavy atom. The van der Waals surface area contributed by atoms with E-state index < -0.39 is 0 Å². The minimum atomic E-state index is 0.302. The highest BCUT2D eigenvalue weighted by atomic mass is 16.5. The molecule has 2 aromatic rings. The highest BCUT2D eigenvalue weighted by molar-refractivity contribution is 5.98. The molecule has 0 radical (unpaired) electrons. The van der Waals surface area contributed by atoms with Gasteiger partial charge in [-0.05, 0) is 32.0 Å². The number of nitrogens with zero attached hydrogens (tertiary/aromatic N) is 4. The zero-order valence-electron chi connectivity index (χ0n) is 12.3. The van der Waals surface area contributed by atoms with Gasteiger partial charge in [-0.1, -0.05) is 5.16 Å². The Balaban J connectivity index is 2.16. The Morgan fingerprint density at radius 1 is 1.38 bits per heavy atom. The van der Waals surface area contributed by atoms with Gasteiger partial charge in [-0.3, -0.25) is 0 Å². The second-order valence-electron chi connectivity index (χ2n) is 4.33. The highest BCUT2D eigenvalue weighted by Crippen LogP contribution is 2.29. The number of hydrogen-bond acceptors (Lipinski definition) is 6. The van der Waals surface area contributed by atoms with Crippen molar-refractivity contribution in [2.45, 2.75) is 27.0 Å². The lowest BCUT2D eigenvalue weighted by Gasteiger charge is -2.12. The average molecular weight is 290 g/mol. The minimum absolute atomic E-state index is 0.302. The van der Waals surface area contributed by atoms with Crippen molar-refractivity contribution < 1.29 is 14.7 Å². The molecule has 0 saturated carbocycles. The van der Waals surface area contributed by atoms with Crippen LogP contribution in [0.4, 0.5) is 0 Å². The van der Waals surface area contributed by atoms with Gasteiger partial charge in [0.15, 0.2) is 17.3 Å². The molecule has 1 aromatic carbocycles. The molecule has 0 spiro atoms. The number of rotatable bonds is 6. The van der Waals surface area contributed by atoms with Crippen LogP contribution < -0.4 is 9.47 Å². The van der Waals surface area contributed by atoms with Crippen molar-refractivity contribution in [2.24, 2.45) is 5.16 Å². The van der Waals surface area contributed by atoms with E-state index in [1.165, 1.54) is 6.33 Å². The fourth-order valence-electron chi connectivity index (χ4n) is 1.88. The molecule has 0 amide bonds. The van der Waals surface area contributed by atoms with Crippen LogP contribution in [-0.2, 0) is 13.2 Å². The van der Waals surface area contributed by atoms with Crippen molar-refractivity contribution in [3.05, 3.63) is 35.9 Å². The van der Waals surface area contributed by atoms with Crippen molar-refractivity contribution in [3.63, 3.8) is 0 Å². The summed E-state index contributed by atoms with van der Waals surface area (Å²) in [5.41, 5.74) is 1.27. The summed E-state index contributed by atoms with van der Waals surface area (Å²) in [5, 5.41) is 16.1. The number of oxime groups is 1.